The van der Waals surface area contributed by atoms with Crippen LogP contribution in [-0.4, -0.2) is 47.2 Å². The van der Waals surface area contributed by atoms with Crippen molar-refractivity contribution < 1.29 is 18.8 Å². The first kappa shape index (κ1) is 16.9. The van der Waals surface area contributed by atoms with E-state index in [9.17, 15) is 9.59 Å². The van der Waals surface area contributed by atoms with Crippen LogP contribution in [0.2, 0.25) is 0 Å². The molecule has 0 bridgehead atoms. The molecule has 1 aliphatic heterocycles. The summed E-state index contributed by atoms with van der Waals surface area (Å²) in [5.41, 5.74) is 1.30. The number of benzene rings is 1. The number of rotatable bonds is 3. The number of piperidine rings is 1. The number of hydrogen-bond donors (Lipinski definition) is 1. The number of anilines is 1. The quantitative estimate of drug-likeness (QED) is 0.918. The highest BCUT2D eigenvalue weighted by atomic mass is 16.5. The molecule has 0 unspecified atom stereocenters. The lowest BCUT2D eigenvalue weighted by Gasteiger charge is -2.30. The molecule has 1 fully saturated rings. The third kappa shape index (κ3) is 3.78. The molecule has 0 saturated carbocycles. The smallest absolute Gasteiger partial charge is 0.409 e. The summed E-state index contributed by atoms with van der Waals surface area (Å²) in [6.07, 6.45) is 1.09. The van der Waals surface area contributed by atoms with Crippen LogP contribution in [0.5, 0.6) is 0 Å². The van der Waals surface area contributed by atoms with E-state index < -0.39 is 6.09 Å². The summed E-state index contributed by atoms with van der Waals surface area (Å²) in [5.74, 6) is 0.458. The number of aryl methyl sites for hydroxylation is 1. The Balaban J connectivity index is 1.74. The van der Waals surface area contributed by atoms with Gasteiger partial charge < -0.3 is 19.5 Å². The summed E-state index contributed by atoms with van der Waals surface area (Å²) in [6, 6.07) is 7.28. The standard InChI is InChI=1S/C17H20N4O4/c1-11-18-15(20-25-11)13-7-3-4-8-14(13)19-16(22)12-6-5-9-21(10-12)17(23)24-2/h3-4,7-8,12H,5-6,9-10H2,1-2H3,(H,19,22)/t12-/m0/s1. The maximum Gasteiger partial charge on any atom is 0.409 e. The molecule has 2 heterocycles. The number of hydrogen-bond acceptors (Lipinski definition) is 6. The van der Waals surface area contributed by atoms with Crippen LogP contribution < -0.4 is 5.32 Å². The van der Waals surface area contributed by atoms with E-state index in [1.807, 2.05) is 18.2 Å². The van der Waals surface area contributed by atoms with E-state index in [-0.39, 0.29) is 11.8 Å². The topological polar surface area (TPSA) is 97.6 Å². The number of likely N-dealkylation sites (tertiary alicyclic amines) is 1. The molecular formula is C17H20N4O4. The maximum atomic E-state index is 12.7. The molecule has 1 aliphatic rings. The molecule has 1 aromatic heterocycles. The van der Waals surface area contributed by atoms with Crippen molar-refractivity contribution in [3.05, 3.63) is 30.2 Å². The van der Waals surface area contributed by atoms with E-state index in [1.165, 1.54) is 7.11 Å². The number of para-hydroxylation sites is 1. The van der Waals surface area contributed by atoms with Gasteiger partial charge in [-0.1, -0.05) is 17.3 Å². The molecule has 1 aromatic carbocycles. The summed E-state index contributed by atoms with van der Waals surface area (Å²) >= 11 is 0. The third-order valence-electron chi connectivity index (χ3n) is 4.18. The molecule has 0 aliphatic carbocycles. The Morgan fingerprint density at radius 3 is 2.88 bits per heavy atom. The van der Waals surface area contributed by atoms with E-state index in [1.54, 1.807) is 17.9 Å². The molecule has 3 rings (SSSR count). The highest BCUT2D eigenvalue weighted by Crippen LogP contribution is 2.27. The van der Waals surface area contributed by atoms with Gasteiger partial charge in [-0.2, -0.15) is 4.98 Å². The van der Waals surface area contributed by atoms with Crippen molar-refractivity contribution in [2.75, 3.05) is 25.5 Å². The molecule has 1 saturated heterocycles. The fraction of sp³-hybridized carbons (Fsp3) is 0.412. The second-order valence-corrected chi connectivity index (χ2v) is 5.93. The molecule has 8 heteroatoms. The molecule has 8 nitrogen and oxygen atoms in total. The summed E-state index contributed by atoms with van der Waals surface area (Å²) < 4.78 is 9.76. The van der Waals surface area contributed by atoms with Crippen LogP contribution in [0, 0.1) is 12.8 Å². The van der Waals surface area contributed by atoms with Gasteiger partial charge in [0, 0.05) is 25.6 Å². The Morgan fingerprint density at radius 1 is 1.36 bits per heavy atom. The minimum atomic E-state index is -0.403. The summed E-state index contributed by atoms with van der Waals surface area (Å²) in [6.45, 7) is 2.66. The van der Waals surface area contributed by atoms with E-state index in [0.717, 1.165) is 12.8 Å². The van der Waals surface area contributed by atoms with Gasteiger partial charge >= 0.3 is 6.09 Å². The Morgan fingerprint density at radius 2 is 2.16 bits per heavy atom. The Hall–Kier alpha value is -2.90. The number of ether oxygens (including phenoxy) is 1. The fourth-order valence-electron chi connectivity index (χ4n) is 2.92. The minimum absolute atomic E-state index is 0.138. The molecule has 25 heavy (non-hydrogen) atoms. The van der Waals surface area contributed by atoms with Gasteiger partial charge in [-0.15, -0.1) is 0 Å². The van der Waals surface area contributed by atoms with Crippen LogP contribution >= 0.6 is 0 Å². The lowest BCUT2D eigenvalue weighted by Crippen LogP contribution is -2.43. The highest BCUT2D eigenvalue weighted by molar-refractivity contribution is 5.96. The van der Waals surface area contributed by atoms with Gasteiger partial charge in [0.15, 0.2) is 0 Å². The number of nitrogens with zero attached hydrogens (tertiary/aromatic N) is 3. The molecular weight excluding hydrogens is 324 g/mol. The first-order valence-corrected chi connectivity index (χ1v) is 8.12. The first-order valence-electron chi connectivity index (χ1n) is 8.12. The predicted molar refractivity (Wildman–Crippen MR) is 89.8 cm³/mol. The number of carbonyl (C=O) groups is 2. The fourth-order valence-corrected chi connectivity index (χ4v) is 2.92. The molecule has 0 spiro atoms. The van der Waals surface area contributed by atoms with Gasteiger partial charge in [0.2, 0.25) is 17.6 Å². The van der Waals surface area contributed by atoms with Crippen LogP contribution in [0.4, 0.5) is 10.5 Å². The van der Waals surface area contributed by atoms with Crippen molar-refractivity contribution >= 4 is 17.7 Å². The van der Waals surface area contributed by atoms with Gasteiger partial charge in [0.25, 0.3) is 0 Å². The molecule has 132 valence electrons. The van der Waals surface area contributed by atoms with Crippen LogP contribution in [0.15, 0.2) is 28.8 Å². The number of carbonyl (C=O) groups excluding carboxylic acids is 2. The van der Waals surface area contributed by atoms with E-state index in [4.69, 9.17) is 9.26 Å². The lowest BCUT2D eigenvalue weighted by atomic mass is 9.97. The Bertz CT molecular complexity index is 774. The van der Waals surface area contributed by atoms with Gasteiger partial charge in [0.1, 0.15) is 0 Å². The molecule has 1 atom stereocenters. The number of aromatic nitrogens is 2. The van der Waals surface area contributed by atoms with Crippen LogP contribution in [0.1, 0.15) is 18.7 Å². The predicted octanol–water partition coefficient (Wildman–Crippen LogP) is 2.46. The zero-order valence-corrected chi connectivity index (χ0v) is 14.2. The van der Waals surface area contributed by atoms with Crippen molar-refractivity contribution in [3.8, 4) is 11.4 Å². The molecule has 0 radical (unpaired) electrons. The third-order valence-corrected chi connectivity index (χ3v) is 4.18. The average Bonchev–Trinajstić information content (AvgIpc) is 3.07. The van der Waals surface area contributed by atoms with Gasteiger partial charge in [0.05, 0.1) is 18.7 Å². The number of amides is 2. The van der Waals surface area contributed by atoms with Gasteiger partial charge in [-0.25, -0.2) is 4.79 Å². The molecule has 2 amide bonds. The normalized spacial score (nSPS) is 17.2. The SMILES string of the molecule is COC(=O)N1CCC[C@H](C(=O)Nc2ccccc2-c2noc(C)n2)C1. The minimum Gasteiger partial charge on any atom is -0.453 e. The van der Waals surface area contributed by atoms with Crippen LogP contribution in [0.3, 0.4) is 0 Å². The van der Waals surface area contributed by atoms with Crippen molar-refractivity contribution in [2.24, 2.45) is 5.92 Å². The largest absolute Gasteiger partial charge is 0.453 e. The van der Waals surface area contributed by atoms with E-state index in [0.29, 0.717) is 36.1 Å². The van der Waals surface area contributed by atoms with Crippen LogP contribution in [0.25, 0.3) is 11.4 Å². The second kappa shape index (κ2) is 7.33. The summed E-state index contributed by atoms with van der Waals surface area (Å²) in [4.78, 5) is 30.1. The zero-order chi connectivity index (χ0) is 17.8. The van der Waals surface area contributed by atoms with Crippen molar-refractivity contribution in [1.29, 1.82) is 0 Å². The summed E-state index contributed by atoms with van der Waals surface area (Å²) in [5, 5.41) is 6.83. The molecule has 2 aromatic rings. The van der Waals surface area contributed by atoms with Gasteiger partial charge in [-0.05, 0) is 25.0 Å². The Labute approximate surface area is 145 Å². The first-order chi connectivity index (χ1) is 12.1. The number of nitrogens with one attached hydrogen (secondary N) is 1. The lowest BCUT2D eigenvalue weighted by molar-refractivity contribution is -0.121. The summed E-state index contributed by atoms with van der Waals surface area (Å²) in [7, 11) is 1.34. The number of methoxy groups -OCH3 is 1. The van der Waals surface area contributed by atoms with Crippen molar-refractivity contribution in [3.63, 3.8) is 0 Å². The monoisotopic (exact) mass is 344 g/mol. The second-order valence-electron chi connectivity index (χ2n) is 5.93. The van der Waals surface area contributed by atoms with Crippen LogP contribution in [-0.2, 0) is 9.53 Å². The average molecular weight is 344 g/mol. The molecule has 1 N–H and O–H groups in total. The van der Waals surface area contributed by atoms with Gasteiger partial charge in [-0.3, -0.25) is 4.79 Å². The highest BCUT2D eigenvalue weighted by Gasteiger charge is 2.29. The Kier molecular flexibility index (Phi) is 4.97. The van der Waals surface area contributed by atoms with E-state index >= 15 is 0 Å². The van der Waals surface area contributed by atoms with Crippen molar-refractivity contribution in [2.45, 2.75) is 19.8 Å². The zero-order valence-electron chi connectivity index (χ0n) is 14.2. The van der Waals surface area contributed by atoms with Crippen molar-refractivity contribution in [1.82, 2.24) is 15.0 Å². The van der Waals surface area contributed by atoms with E-state index in [2.05, 4.69) is 15.5 Å². The maximum absolute atomic E-state index is 12.7.